The lowest BCUT2D eigenvalue weighted by molar-refractivity contribution is 0.00578. The number of carbonyl (C=O) groups excluding carboxylic acids is 1. The van der Waals surface area contributed by atoms with E-state index < -0.39 is 30.2 Å². The molecule has 1 amide bonds. The molecule has 6 nitrogen and oxygen atoms in total. The van der Waals surface area contributed by atoms with E-state index in [1.54, 1.807) is 18.2 Å². The van der Waals surface area contributed by atoms with Gasteiger partial charge in [-0.25, -0.2) is 9.18 Å². The van der Waals surface area contributed by atoms with Gasteiger partial charge in [-0.15, -0.1) is 0 Å². The molecule has 1 N–H and O–H groups in total. The van der Waals surface area contributed by atoms with Gasteiger partial charge in [-0.05, 0) is 57.8 Å². The second-order valence-corrected chi connectivity index (χ2v) is 8.84. The summed E-state index contributed by atoms with van der Waals surface area (Å²) in [7, 11) is -0.754. The Kier molecular flexibility index (Phi) is 7.82. The second-order valence-electron chi connectivity index (χ2n) is 8.84. The van der Waals surface area contributed by atoms with Crippen LogP contribution in [0.2, 0.25) is 0 Å². The Balaban J connectivity index is 1.76. The zero-order valence-corrected chi connectivity index (χ0v) is 19.8. The van der Waals surface area contributed by atoms with Gasteiger partial charge in [0.2, 0.25) is 0 Å². The van der Waals surface area contributed by atoms with Crippen molar-refractivity contribution in [3.8, 4) is 5.75 Å². The third-order valence-corrected chi connectivity index (χ3v) is 5.83. The van der Waals surface area contributed by atoms with Gasteiger partial charge in [0, 0.05) is 18.2 Å². The molecule has 0 aliphatic carbocycles. The second kappa shape index (κ2) is 10.4. The number of ether oxygens (including phenoxy) is 2. The van der Waals surface area contributed by atoms with Crippen LogP contribution in [0, 0.1) is 5.82 Å². The maximum Gasteiger partial charge on any atom is 0.492 e. The normalized spacial score (nSPS) is 17.0. The van der Waals surface area contributed by atoms with Crippen LogP contribution >= 0.6 is 0 Å². The highest BCUT2D eigenvalue weighted by molar-refractivity contribution is 6.56. The summed E-state index contributed by atoms with van der Waals surface area (Å²) in [5, 5.41) is 2.72. The average molecular weight is 455 g/mol. The summed E-state index contributed by atoms with van der Waals surface area (Å²) < 4.78 is 37.6. The van der Waals surface area contributed by atoms with E-state index in [1.165, 1.54) is 6.07 Å². The van der Waals surface area contributed by atoms with Gasteiger partial charge in [-0.3, -0.25) is 0 Å². The van der Waals surface area contributed by atoms with Crippen LogP contribution in [0.5, 0.6) is 5.75 Å². The number of hydrogen-bond donors (Lipinski definition) is 1. The molecule has 1 saturated heterocycles. The molecule has 0 spiro atoms. The van der Waals surface area contributed by atoms with Crippen LogP contribution in [0.4, 0.5) is 9.18 Å². The molecule has 1 aliphatic rings. The summed E-state index contributed by atoms with van der Waals surface area (Å²) in [6, 6.07) is 14.0. The molecule has 1 aliphatic heterocycles. The number of alkyl carbamates (subject to hydrolysis) is 1. The molecule has 1 heterocycles. The number of carbonyl (C=O) groups is 1. The van der Waals surface area contributed by atoms with E-state index in [4.69, 9.17) is 18.8 Å². The van der Waals surface area contributed by atoms with Crippen molar-refractivity contribution in [2.75, 3.05) is 13.2 Å². The molecular weight excluding hydrogens is 424 g/mol. The van der Waals surface area contributed by atoms with E-state index in [0.717, 1.165) is 5.56 Å². The number of nitrogens with one attached hydrogen (secondary N) is 1. The van der Waals surface area contributed by atoms with Gasteiger partial charge in [0.1, 0.15) is 18.2 Å². The first-order chi connectivity index (χ1) is 15.6. The molecule has 3 rings (SSSR count). The largest absolute Gasteiger partial charge is 0.494 e. The lowest BCUT2D eigenvalue weighted by atomic mass is 9.77. The maximum absolute atomic E-state index is 14.7. The summed E-state index contributed by atoms with van der Waals surface area (Å²) in [4.78, 5) is 12.3. The quantitative estimate of drug-likeness (QED) is 0.557. The molecular formula is C25H31BFNO5. The molecule has 33 heavy (non-hydrogen) atoms. The highest BCUT2D eigenvalue weighted by Crippen LogP contribution is 2.39. The summed E-state index contributed by atoms with van der Waals surface area (Å²) >= 11 is 0. The fraction of sp³-hybridized carbons (Fsp3) is 0.400. The van der Waals surface area contributed by atoms with Crippen molar-refractivity contribution in [2.24, 2.45) is 0 Å². The average Bonchev–Trinajstić information content (AvgIpc) is 2.98. The Morgan fingerprint density at radius 1 is 1.09 bits per heavy atom. The molecule has 0 saturated carbocycles. The Morgan fingerprint density at radius 3 is 2.36 bits per heavy atom. The molecule has 2 aromatic rings. The Morgan fingerprint density at radius 2 is 1.76 bits per heavy atom. The summed E-state index contributed by atoms with van der Waals surface area (Å²) in [5.41, 5.74) is 0.617. The van der Waals surface area contributed by atoms with Gasteiger partial charge in [-0.2, -0.15) is 0 Å². The van der Waals surface area contributed by atoms with Gasteiger partial charge in [0.25, 0.3) is 0 Å². The van der Waals surface area contributed by atoms with E-state index in [9.17, 15) is 9.18 Å². The van der Waals surface area contributed by atoms with E-state index in [-0.39, 0.29) is 13.2 Å². The Labute approximate surface area is 195 Å². The van der Waals surface area contributed by atoms with Crippen LogP contribution in [0.15, 0.2) is 54.0 Å². The minimum Gasteiger partial charge on any atom is -0.494 e. The summed E-state index contributed by atoms with van der Waals surface area (Å²) in [6.45, 7) is 10.2. The van der Waals surface area contributed by atoms with E-state index in [0.29, 0.717) is 23.4 Å². The molecule has 8 heteroatoms. The van der Waals surface area contributed by atoms with Crippen molar-refractivity contribution in [3.63, 3.8) is 0 Å². The first kappa shape index (κ1) is 24.8. The van der Waals surface area contributed by atoms with Crippen molar-refractivity contribution in [1.82, 2.24) is 5.32 Å². The lowest BCUT2D eigenvalue weighted by Crippen LogP contribution is -2.41. The van der Waals surface area contributed by atoms with Crippen molar-refractivity contribution >= 4 is 19.3 Å². The molecule has 1 fully saturated rings. The molecule has 176 valence electrons. The van der Waals surface area contributed by atoms with Crippen LogP contribution in [-0.4, -0.2) is 37.6 Å². The predicted octanol–water partition coefficient (Wildman–Crippen LogP) is 5.17. The van der Waals surface area contributed by atoms with Gasteiger partial charge in [0.15, 0.2) is 0 Å². The van der Waals surface area contributed by atoms with Crippen LogP contribution < -0.4 is 10.1 Å². The van der Waals surface area contributed by atoms with Crippen LogP contribution in [0.1, 0.15) is 45.7 Å². The van der Waals surface area contributed by atoms with Crippen molar-refractivity contribution in [2.45, 2.75) is 52.4 Å². The predicted molar refractivity (Wildman–Crippen MR) is 126 cm³/mol. The third kappa shape index (κ3) is 6.36. The zero-order valence-electron chi connectivity index (χ0n) is 19.8. The number of hydrogen-bond acceptors (Lipinski definition) is 5. The number of benzene rings is 2. The minimum absolute atomic E-state index is 0.0666. The highest BCUT2D eigenvalue weighted by Gasteiger charge is 2.52. The lowest BCUT2D eigenvalue weighted by Gasteiger charge is -2.32. The van der Waals surface area contributed by atoms with E-state index >= 15 is 0 Å². The summed E-state index contributed by atoms with van der Waals surface area (Å²) in [5.74, 6) is 0.00793. The molecule has 0 bridgehead atoms. The van der Waals surface area contributed by atoms with Crippen molar-refractivity contribution < 1.29 is 28.0 Å². The number of rotatable bonds is 8. The smallest absolute Gasteiger partial charge is 0.492 e. The van der Waals surface area contributed by atoms with Crippen molar-refractivity contribution in [1.29, 1.82) is 0 Å². The van der Waals surface area contributed by atoms with Gasteiger partial charge >= 0.3 is 13.2 Å². The third-order valence-electron chi connectivity index (χ3n) is 5.83. The maximum atomic E-state index is 14.7. The first-order valence-corrected chi connectivity index (χ1v) is 11.0. The molecule has 0 atom stereocenters. The highest BCUT2D eigenvalue weighted by atomic mass is 19.1. The van der Waals surface area contributed by atoms with Crippen LogP contribution in [-0.2, 0) is 20.7 Å². The fourth-order valence-electron chi connectivity index (χ4n) is 3.23. The fourth-order valence-corrected chi connectivity index (χ4v) is 3.23. The minimum atomic E-state index is -0.754. The standard InChI is InChI=1S/C25H31BFNO5/c1-6-30-21-13-12-19(22(27)15-21)14-20(26-32-24(2,3)25(4,5)33-26)16-28-23(29)31-17-18-10-8-7-9-11-18/h7-15H,6,16-17H2,1-5H3,(H,28,29). The van der Waals surface area contributed by atoms with Crippen molar-refractivity contribution in [3.05, 3.63) is 70.9 Å². The topological polar surface area (TPSA) is 66.0 Å². The molecule has 2 aromatic carbocycles. The molecule has 0 radical (unpaired) electrons. The van der Waals surface area contributed by atoms with Crippen LogP contribution in [0.3, 0.4) is 0 Å². The van der Waals surface area contributed by atoms with Gasteiger partial charge in [0.05, 0.1) is 17.8 Å². The first-order valence-electron chi connectivity index (χ1n) is 11.0. The Bertz CT molecular complexity index is 978. The Hall–Kier alpha value is -2.84. The number of halogens is 1. The zero-order chi connectivity index (χ0) is 24.1. The monoisotopic (exact) mass is 455 g/mol. The van der Waals surface area contributed by atoms with Gasteiger partial charge in [-0.1, -0.05) is 36.4 Å². The molecule has 0 unspecified atom stereocenters. The summed E-state index contributed by atoms with van der Waals surface area (Å²) in [6.07, 6.45) is 1.04. The van der Waals surface area contributed by atoms with E-state index in [2.05, 4.69) is 5.32 Å². The molecule has 0 aromatic heterocycles. The van der Waals surface area contributed by atoms with E-state index in [1.807, 2.05) is 65.0 Å². The number of amides is 1. The van der Waals surface area contributed by atoms with Crippen LogP contribution in [0.25, 0.3) is 6.08 Å². The SMILES string of the molecule is CCOc1ccc(C=C(CNC(=O)OCc2ccccc2)B2OC(C)(C)C(C)(C)O2)c(F)c1. The van der Waals surface area contributed by atoms with Gasteiger partial charge < -0.3 is 24.1 Å².